The van der Waals surface area contributed by atoms with Crippen molar-refractivity contribution >= 4 is 5.96 Å². The molecule has 0 atom stereocenters. The summed E-state index contributed by atoms with van der Waals surface area (Å²) >= 11 is 0. The predicted octanol–water partition coefficient (Wildman–Crippen LogP) is 4.00. The Morgan fingerprint density at radius 2 is 1.73 bits per heavy atom. The summed E-state index contributed by atoms with van der Waals surface area (Å²) in [5.41, 5.74) is 3.58. The van der Waals surface area contributed by atoms with E-state index in [4.69, 9.17) is 4.74 Å². The predicted molar refractivity (Wildman–Crippen MR) is 123 cm³/mol. The smallest absolute Gasteiger partial charge is 0.191 e. The Labute approximate surface area is 179 Å². The molecule has 0 saturated carbocycles. The van der Waals surface area contributed by atoms with Crippen molar-refractivity contribution in [3.63, 3.8) is 0 Å². The van der Waals surface area contributed by atoms with Crippen molar-refractivity contribution < 1.29 is 4.74 Å². The van der Waals surface area contributed by atoms with E-state index in [2.05, 4.69) is 63.1 Å². The van der Waals surface area contributed by atoms with Crippen LogP contribution >= 0.6 is 0 Å². The minimum Gasteiger partial charge on any atom is -0.494 e. The summed E-state index contributed by atoms with van der Waals surface area (Å²) < 4.78 is 5.94. The van der Waals surface area contributed by atoms with Crippen LogP contribution in [0.4, 0.5) is 0 Å². The van der Waals surface area contributed by atoms with Crippen LogP contribution in [-0.2, 0) is 19.4 Å². The molecular weight excluding hydrogens is 372 g/mol. The third-order valence-corrected chi connectivity index (χ3v) is 4.71. The lowest BCUT2D eigenvalue weighted by Crippen LogP contribution is -2.38. The van der Waals surface area contributed by atoms with Gasteiger partial charge in [0.2, 0.25) is 0 Å². The third-order valence-electron chi connectivity index (χ3n) is 4.71. The van der Waals surface area contributed by atoms with E-state index < -0.39 is 0 Å². The number of hydrogen-bond acceptors (Lipinski definition) is 3. The summed E-state index contributed by atoms with van der Waals surface area (Å²) in [4.78, 5) is 8.58. The fourth-order valence-electron chi connectivity index (χ4n) is 3.12. The van der Waals surface area contributed by atoms with Gasteiger partial charge in [-0.2, -0.15) is 0 Å². The molecule has 0 amide bonds. The number of nitrogens with zero attached hydrogens (tertiary/aromatic N) is 2. The number of aromatic nitrogens is 1. The van der Waals surface area contributed by atoms with Crippen LogP contribution in [0.2, 0.25) is 0 Å². The van der Waals surface area contributed by atoms with Gasteiger partial charge in [-0.25, -0.2) is 0 Å². The topological polar surface area (TPSA) is 58.5 Å². The molecule has 0 aliphatic carbocycles. The Morgan fingerprint density at radius 3 is 2.53 bits per heavy atom. The maximum Gasteiger partial charge on any atom is 0.191 e. The Hall–Kier alpha value is -3.34. The third kappa shape index (κ3) is 7.59. The number of hydrogen-bond donors (Lipinski definition) is 2. The van der Waals surface area contributed by atoms with Gasteiger partial charge in [0.15, 0.2) is 5.96 Å². The Morgan fingerprint density at radius 1 is 0.900 bits per heavy atom. The van der Waals surface area contributed by atoms with Crippen LogP contribution in [0, 0.1) is 0 Å². The van der Waals surface area contributed by atoms with Crippen LogP contribution < -0.4 is 15.4 Å². The summed E-state index contributed by atoms with van der Waals surface area (Å²) in [6, 6.07) is 24.7. The highest BCUT2D eigenvalue weighted by atomic mass is 16.5. The van der Waals surface area contributed by atoms with Crippen molar-refractivity contribution in [2.24, 2.45) is 4.99 Å². The standard InChI is InChI=1S/C25H30N4O/c1-26-25(29-20-23-13-5-6-16-27-23)28-17-15-22-11-7-14-24(19-22)30-18-8-12-21-9-3-2-4-10-21/h2-7,9-11,13-14,16,19H,8,12,15,17-18,20H2,1H3,(H2,26,28,29). The van der Waals surface area contributed by atoms with Crippen LogP contribution in [0.5, 0.6) is 5.75 Å². The van der Waals surface area contributed by atoms with Gasteiger partial charge in [-0.3, -0.25) is 9.98 Å². The SMILES string of the molecule is CN=C(NCCc1cccc(OCCCc2ccccc2)c1)NCc1ccccn1. The zero-order valence-electron chi connectivity index (χ0n) is 17.6. The van der Waals surface area contributed by atoms with Crippen molar-refractivity contribution in [3.8, 4) is 5.75 Å². The van der Waals surface area contributed by atoms with E-state index in [1.807, 2.05) is 30.3 Å². The van der Waals surface area contributed by atoms with Crippen molar-refractivity contribution in [1.29, 1.82) is 0 Å². The first-order valence-corrected chi connectivity index (χ1v) is 10.4. The average molecular weight is 403 g/mol. The minimum absolute atomic E-state index is 0.646. The van der Waals surface area contributed by atoms with E-state index in [0.29, 0.717) is 6.54 Å². The van der Waals surface area contributed by atoms with Crippen LogP contribution in [0.3, 0.4) is 0 Å². The lowest BCUT2D eigenvalue weighted by molar-refractivity contribution is 0.310. The number of guanidine groups is 1. The zero-order valence-corrected chi connectivity index (χ0v) is 17.6. The number of rotatable bonds is 10. The highest BCUT2D eigenvalue weighted by molar-refractivity contribution is 5.79. The molecule has 5 heteroatoms. The Kier molecular flexibility index (Phi) is 8.74. The largest absolute Gasteiger partial charge is 0.494 e. The lowest BCUT2D eigenvalue weighted by Gasteiger charge is -2.12. The van der Waals surface area contributed by atoms with Crippen molar-refractivity contribution in [2.45, 2.75) is 25.8 Å². The first-order valence-electron chi connectivity index (χ1n) is 10.4. The van der Waals surface area contributed by atoms with E-state index >= 15 is 0 Å². The van der Waals surface area contributed by atoms with Gasteiger partial charge in [0.25, 0.3) is 0 Å². The van der Waals surface area contributed by atoms with Crippen LogP contribution in [0.15, 0.2) is 84.0 Å². The van der Waals surface area contributed by atoms with E-state index in [1.165, 1.54) is 11.1 Å². The second-order valence-corrected chi connectivity index (χ2v) is 7.01. The van der Waals surface area contributed by atoms with Gasteiger partial charge in [0.1, 0.15) is 5.75 Å². The molecule has 0 unspecified atom stereocenters. The summed E-state index contributed by atoms with van der Waals surface area (Å²) in [7, 11) is 1.78. The number of ether oxygens (including phenoxy) is 1. The minimum atomic E-state index is 0.646. The molecule has 0 aliphatic heterocycles. The molecule has 0 saturated heterocycles. The van der Waals surface area contributed by atoms with Crippen molar-refractivity contribution in [1.82, 2.24) is 15.6 Å². The molecule has 1 aromatic heterocycles. The number of benzene rings is 2. The molecule has 0 aliphatic rings. The van der Waals surface area contributed by atoms with Gasteiger partial charge in [0.05, 0.1) is 18.8 Å². The van der Waals surface area contributed by atoms with Gasteiger partial charge < -0.3 is 15.4 Å². The first-order chi connectivity index (χ1) is 14.8. The summed E-state index contributed by atoms with van der Waals surface area (Å²) in [5, 5.41) is 6.63. The molecule has 2 aromatic carbocycles. The quantitative estimate of drug-likeness (QED) is 0.306. The molecule has 0 fully saturated rings. The zero-order chi connectivity index (χ0) is 20.9. The molecule has 3 rings (SSSR count). The molecule has 30 heavy (non-hydrogen) atoms. The van der Waals surface area contributed by atoms with Gasteiger partial charge in [-0.05, 0) is 54.7 Å². The van der Waals surface area contributed by atoms with Crippen LogP contribution in [0.1, 0.15) is 23.2 Å². The fourth-order valence-corrected chi connectivity index (χ4v) is 3.12. The van der Waals surface area contributed by atoms with Gasteiger partial charge in [0, 0.05) is 19.8 Å². The Bertz CT molecular complexity index is 897. The molecule has 0 spiro atoms. The number of nitrogens with one attached hydrogen (secondary N) is 2. The summed E-state index contributed by atoms with van der Waals surface area (Å²) in [6.45, 7) is 2.16. The maximum atomic E-state index is 5.94. The summed E-state index contributed by atoms with van der Waals surface area (Å²) in [5.74, 6) is 1.70. The molecule has 2 N–H and O–H groups in total. The molecule has 0 radical (unpaired) electrons. The first kappa shape index (κ1) is 21.4. The van der Waals surface area contributed by atoms with Gasteiger partial charge in [-0.15, -0.1) is 0 Å². The number of aryl methyl sites for hydroxylation is 1. The normalized spacial score (nSPS) is 11.2. The molecule has 5 nitrogen and oxygen atoms in total. The second-order valence-electron chi connectivity index (χ2n) is 7.01. The highest BCUT2D eigenvalue weighted by Gasteiger charge is 2.01. The van der Waals surface area contributed by atoms with Crippen LogP contribution in [-0.4, -0.2) is 31.1 Å². The van der Waals surface area contributed by atoms with Gasteiger partial charge >= 0.3 is 0 Å². The molecule has 1 heterocycles. The van der Waals surface area contributed by atoms with E-state index in [1.54, 1.807) is 13.2 Å². The maximum absolute atomic E-state index is 5.94. The molecule has 156 valence electrons. The van der Waals surface area contributed by atoms with E-state index in [0.717, 1.165) is 49.8 Å². The highest BCUT2D eigenvalue weighted by Crippen LogP contribution is 2.14. The van der Waals surface area contributed by atoms with Crippen LogP contribution in [0.25, 0.3) is 0 Å². The molecular formula is C25H30N4O. The monoisotopic (exact) mass is 402 g/mol. The Balaban J connectivity index is 1.37. The lowest BCUT2D eigenvalue weighted by atomic mass is 10.1. The fraction of sp³-hybridized carbons (Fsp3) is 0.280. The second kappa shape index (κ2) is 12.3. The van der Waals surface area contributed by atoms with Crippen molar-refractivity contribution in [3.05, 3.63) is 95.8 Å². The van der Waals surface area contributed by atoms with E-state index in [9.17, 15) is 0 Å². The molecule has 0 bridgehead atoms. The van der Waals surface area contributed by atoms with E-state index in [-0.39, 0.29) is 0 Å². The van der Waals surface area contributed by atoms with Gasteiger partial charge in [-0.1, -0.05) is 48.5 Å². The number of pyridine rings is 1. The average Bonchev–Trinajstić information content (AvgIpc) is 2.81. The number of aliphatic imine (C=N–C) groups is 1. The van der Waals surface area contributed by atoms with Crippen molar-refractivity contribution in [2.75, 3.05) is 20.2 Å². The summed E-state index contributed by atoms with van der Waals surface area (Å²) in [6.07, 6.45) is 4.73. The molecule has 3 aromatic rings.